The van der Waals surface area contributed by atoms with Gasteiger partial charge in [0.1, 0.15) is 0 Å². The number of hydrogen-bond acceptors (Lipinski definition) is 6. The largest absolute Gasteiger partial charge is 0.345 e. The van der Waals surface area contributed by atoms with Crippen LogP contribution >= 0.6 is 0 Å². The molecule has 2 unspecified atom stereocenters. The number of nitrogens with one attached hydrogen (secondary N) is 2. The maximum atomic E-state index is 13.4. The third kappa shape index (κ3) is 11.4. The van der Waals surface area contributed by atoms with Crippen LogP contribution in [0.4, 0.5) is 0 Å². The molecule has 0 aliphatic heterocycles. The fraction of sp³-hybridized carbons (Fsp3) is 0.690. The van der Waals surface area contributed by atoms with Crippen LogP contribution in [0.15, 0.2) is 29.2 Å². The molecule has 210 valence electrons. The topological polar surface area (TPSA) is 101 Å². The van der Waals surface area contributed by atoms with E-state index in [-0.39, 0.29) is 45.3 Å². The molecule has 0 fully saturated rings. The van der Waals surface area contributed by atoms with Crippen molar-refractivity contribution >= 4 is 38.1 Å². The second-order valence-electron chi connectivity index (χ2n) is 10.3. The number of benzene rings is 1. The Balaban J connectivity index is 2.93. The third-order valence-corrected chi connectivity index (χ3v) is 9.73. The lowest BCUT2D eigenvalue weighted by Crippen LogP contribution is -2.53. The van der Waals surface area contributed by atoms with Gasteiger partial charge in [0.05, 0.1) is 24.7 Å². The minimum absolute atomic E-state index is 0.00187. The molecule has 0 spiro atoms. The number of unbranched alkanes of at least 4 members (excludes halogenated alkanes) is 2. The molecule has 1 amide bonds. The Morgan fingerprint density at radius 3 is 2.11 bits per heavy atom. The maximum absolute atomic E-state index is 13.4. The summed E-state index contributed by atoms with van der Waals surface area (Å²) in [6, 6.07) is 6.21. The van der Waals surface area contributed by atoms with E-state index >= 15 is 0 Å². The van der Waals surface area contributed by atoms with Gasteiger partial charge < -0.3 is 16.4 Å². The Labute approximate surface area is 231 Å². The second-order valence-corrected chi connectivity index (χ2v) is 13.2. The number of hydrogen-bond donors (Lipinski definition) is 3. The highest BCUT2D eigenvalue weighted by atomic mass is 32.8. The van der Waals surface area contributed by atoms with Gasteiger partial charge in [-0.05, 0) is 53.2 Å². The van der Waals surface area contributed by atoms with Crippen LogP contribution in [0, 0.1) is 11.8 Å². The van der Waals surface area contributed by atoms with E-state index in [0.29, 0.717) is 19.3 Å². The second kappa shape index (κ2) is 17.9. The zero-order chi connectivity index (χ0) is 28.0. The van der Waals surface area contributed by atoms with E-state index in [9.17, 15) is 14.4 Å². The minimum atomic E-state index is -0.666. The zero-order valence-corrected chi connectivity index (χ0v) is 25.3. The average molecular weight is 552 g/mol. The molecule has 0 aliphatic rings. The summed E-state index contributed by atoms with van der Waals surface area (Å²) in [5.74, 6) is 0.786. The first-order chi connectivity index (χ1) is 17.6. The van der Waals surface area contributed by atoms with Crippen molar-refractivity contribution < 1.29 is 14.4 Å². The molecule has 4 N–H and O–H groups in total. The summed E-state index contributed by atoms with van der Waals surface area (Å²) in [6.07, 6.45) is 5.11. The molecule has 0 aromatic heterocycles. The summed E-state index contributed by atoms with van der Waals surface area (Å²) in [6.45, 7) is 12.3. The molecule has 0 radical (unpaired) electrons. The van der Waals surface area contributed by atoms with Crippen LogP contribution in [0.5, 0.6) is 0 Å². The summed E-state index contributed by atoms with van der Waals surface area (Å²) in [5.41, 5.74) is 7.16. The smallest absolute Gasteiger partial charge is 0.237 e. The zero-order valence-electron chi connectivity index (χ0n) is 23.7. The standard InChI is InChI=1S/C29H49N3O3S2/c1-7-10-15-23(25(33)18-22-14-12-13-17-27(22)37(36)9-3)31-19-26(34)24(16-11-8-2)32-29(35)28(30)21(6)20(4)5/h12-14,17,20-21,23-24,28,31H,7-11,15-16,18-19,30H2,1-6H3,(H,32,35)/t21-,23+,24?,28+,37?/m1/s1. The Morgan fingerprint density at radius 1 is 0.946 bits per heavy atom. The third-order valence-electron chi connectivity index (χ3n) is 7.07. The van der Waals surface area contributed by atoms with Gasteiger partial charge in [0.25, 0.3) is 0 Å². The van der Waals surface area contributed by atoms with Crippen LogP contribution in [0.2, 0.25) is 0 Å². The van der Waals surface area contributed by atoms with Gasteiger partial charge in [0.2, 0.25) is 5.91 Å². The summed E-state index contributed by atoms with van der Waals surface area (Å²) in [4.78, 5) is 40.4. The molecule has 0 bridgehead atoms. The minimum Gasteiger partial charge on any atom is -0.345 e. The first-order valence-corrected chi connectivity index (χ1v) is 16.2. The number of ketones is 2. The van der Waals surface area contributed by atoms with Crippen LogP contribution in [0.3, 0.4) is 0 Å². The first-order valence-electron chi connectivity index (χ1n) is 13.9. The van der Waals surface area contributed by atoms with E-state index in [4.69, 9.17) is 16.9 Å². The van der Waals surface area contributed by atoms with Gasteiger partial charge in [0, 0.05) is 11.3 Å². The molecular weight excluding hydrogens is 502 g/mol. The van der Waals surface area contributed by atoms with E-state index < -0.39 is 18.1 Å². The van der Waals surface area contributed by atoms with Gasteiger partial charge in [-0.3, -0.25) is 14.4 Å². The van der Waals surface area contributed by atoms with Gasteiger partial charge in [-0.1, -0.05) is 94.9 Å². The van der Waals surface area contributed by atoms with Gasteiger partial charge in [-0.2, -0.15) is 0 Å². The Kier molecular flexibility index (Phi) is 16.3. The first kappa shape index (κ1) is 33.5. The van der Waals surface area contributed by atoms with E-state index in [1.165, 1.54) is 0 Å². The fourth-order valence-corrected chi connectivity index (χ4v) is 5.58. The maximum Gasteiger partial charge on any atom is 0.237 e. The molecule has 0 aliphatic carbocycles. The molecular formula is C29H49N3O3S2. The summed E-state index contributed by atoms with van der Waals surface area (Å²) in [5, 5.41) is 6.13. The molecule has 1 aromatic rings. The average Bonchev–Trinajstić information content (AvgIpc) is 2.89. The number of rotatable bonds is 19. The lowest BCUT2D eigenvalue weighted by molar-refractivity contribution is -0.129. The van der Waals surface area contributed by atoms with Gasteiger partial charge in [-0.15, -0.1) is 0 Å². The lowest BCUT2D eigenvalue weighted by Gasteiger charge is -2.26. The summed E-state index contributed by atoms with van der Waals surface area (Å²) in [7, 11) is -0.318. The van der Waals surface area contributed by atoms with E-state index in [0.717, 1.165) is 41.9 Å². The number of nitrogens with two attached hydrogens (primary N) is 1. The van der Waals surface area contributed by atoms with Crippen molar-refractivity contribution in [1.29, 1.82) is 0 Å². The Hall–Kier alpha value is -1.48. The van der Waals surface area contributed by atoms with Crippen LogP contribution < -0.4 is 16.4 Å². The van der Waals surface area contributed by atoms with Crippen molar-refractivity contribution in [3.63, 3.8) is 0 Å². The molecule has 6 nitrogen and oxygen atoms in total. The van der Waals surface area contributed by atoms with Crippen molar-refractivity contribution in [2.24, 2.45) is 17.6 Å². The van der Waals surface area contributed by atoms with Crippen LogP contribution in [-0.2, 0) is 41.4 Å². The molecule has 0 heterocycles. The molecule has 1 aromatic carbocycles. The monoisotopic (exact) mass is 551 g/mol. The van der Waals surface area contributed by atoms with Gasteiger partial charge in [-0.25, -0.2) is 0 Å². The van der Waals surface area contributed by atoms with E-state index in [2.05, 4.69) is 31.4 Å². The van der Waals surface area contributed by atoms with Crippen molar-refractivity contribution in [2.75, 3.05) is 12.3 Å². The highest BCUT2D eigenvalue weighted by Gasteiger charge is 2.28. The number of carbonyl (C=O) groups is 3. The number of carbonyl (C=O) groups excluding carboxylic acids is 3. The molecule has 0 saturated carbocycles. The number of Topliss-reactive ketones (excluding diaryl/α,β-unsaturated/α-hetero) is 2. The van der Waals surface area contributed by atoms with E-state index in [1.54, 1.807) is 0 Å². The summed E-state index contributed by atoms with van der Waals surface area (Å²) < 4.78 is 0. The molecule has 8 heteroatoms. The quantitative estimate of drug-likeness (QED) is 0.237. The van der Waals surface area contributed by atoms with Crippen molar-refractivity contribution in [1.82, 2.24) is 10.6 Å². The van der Waals surface area contributed by atoms with Crippen molar-refractivity contribution in [2.45, 2.75) is 110 Å². The van der Waals surface area contributed by atoms with Gasteiger partial charge >= 0.3 is 0 Å². The predicted molar refractivity (Wildman–Crippen MR) is 158 cm³/mol. The predicted octanol–water partition coefficient (Wildman–Crippen LogP) is 4.27. The normalized spacial score (nSPS) is 15.6. The van der Waals surface area contributed by atoms with Crippen LogP contribution in [0.25, 0.3) is 0 Å². The van der Waals surface area contributed by atoms with Gasteiger partial charge in [0.15, 0.2) is 11.6 Å². The highest BCUT2D eigenvalue weighted by molar-refractivity contribution is 8.28. The number of amides is 1. The molecule has 0 saturated heterocycles. The van der Waals surface area contributed by atoms with Crippen LogP contribution in [-0.4, -0.2) is 47.9 Å². The van der Waals surface area contributed by atoms with Crippen molar-refractivity contribution in [3.05, 3.63) is 29.8 Å². The summed E-state index contributed by atoms with van der Waals surface area (Å²) >= 11 is 5.63. The molecule has 37 heavy (non-hydrogen) atoms. The lowest BCUT2D eigenvalue weighted by atomic mass is 9.90. The molecule has 1 rings (SSSR count). The fourth-order valence-electron chi connectivity index (χ4n) is 4.11. The molecule has 5 atom stereocenters. The Bertz CT molecular complexity index is 891. The highest BCUT2D eigenvalue weighted by Crippen LogP contribution is 2.17. The van der Waals surface area contributed by atoms with Crippen molar-refractivity contribution in [3.8, 4) is 0 Å². The van der Waals surface area contributed by atoms with E-state index in [1.807, 2.05) is 45.0 Å². The Morgan fingerprint density at radius 2 is 1.54 bits per heavy atom. The van der Waals surface area contributed by atoms with Crippen LogP contribution in [0.1, 0.15) is 85.6 Å². The SMILES string of the molecule is CCCCC(NC(=O)[C@@H](N)[C@H](C)C(C)C)C(=O)CN[C@@H](CCCC)C(=O)Cc1ccccc1S(=S)CC.